The van der Waals surface area contributed by atoms with Crippen molar-refractivity contribution in [1.82, 2.24) is 0 Å². The Morgan fingerprint density at radius 2 is 1.60 bits per heavy atom. The monoisotopic (exact) mass is 264 g/mol. The van der Waals surface area contributed by atoms with Crippen LogP contribution >= 0.6 is 34.8 Å². The van der Waals surface area contributed by atoms with Crippen LogP contribution in [0.2, 0.25) is 0 Å². The molecule has 0 amide bonds. The second-order valence-electron chi connectivity index (χ2n) is 4.49. The molecule has 0 nitrogen and oxygen atoms in total. The van der Waals surface area contributed by atoms with Gasteiger partial charge in [0, 0.05) is 6.42 Å². The lowest BCUT2D eigenvalue weighted by Gasteiger charge is -2.30. The second kappa shape index (κ2) is 4.53. The van der Waals surface area contributed by atoms with E-state index in [1.807, 2.05) is 12.1 Å². The van der Waals surface area contributed by atoms with Crippen molar-refractivity contribution in [2.75, 3.05) is 0 Å². The van der Waals surface area contributed by atoms with Crippen molar-refractivity contribution in [3.05, 3.63) is 35.4 Å². The summed E-state index contributed by atoms with van der Waals surface area (Å²) in [6.45, 7) is 6.27. The highest BCUT2D eigenvalue weighted by atomic mass is 35.6. The second-order valence-corrected chi connectivity index (χ2v) is 7.01. The zero-order valence-electron chi connectivity index (χ0n) is 9.15. The van der Waals surface area contributed by atoms with Gasteiger partial charge >= 0.3 is 0 Å². The quantitative estimate of drug-likeness (QED) is 0.658. The summed E-state index contributed by atoms with van der Waals surface area (Å²) in [4.78, 5) is 0. The average Bonchev–Trinajstić information content (AvgIpc) is 1.99. The number of rotatable bonds is 2. The van der Waals surface area contributed by atoms with Gasteiger partial charge in [-0.3, -0.25) is 0 Å². The Morgan fingerprint density at radius 3 is 2.07 bits per heavy atom. The Labute approximate surface area is 107 Å². The molecule has 0 spiro atoms. The summed E-state index contributed by atoms with van der Waals surface area (Å²) in [5.74, 6) is 0. The van der Waals surface area contributed by atoms with Crippen molar-refractivity contribution in [2.24, 2.45) is 0 Å². The highest BCUT2D eigenvalue weighted by Gasteiger charge is 2.32. The largest absolute Gasteiger partial charge is 0.191 e. The number of halogens is 3. The van der Waals surface area contributed by atoms with E-state index < -0.39 is 3.79 Å². The van der Waals surface area contributed by atoms with Gasteiger partial charge in [-0.1, -0.05) is 72.9 Å². The van der Waals surface area contributed by atoms with Gasteiger partial charge in [0.25, 0.3) is 0 Å². The molecular weight excluding hydrogens is 250 g/mol. The van der Waals surface area contributed by atoms with Crippen LogP contribution in [0.15, 0.2) is 24.3 Å². The molecule has 0 saturated heterocycles. The first kappa shape index (κ1) is 13.2. The molecule has 0 aliphatic carbocycles. The first-order valence-corrected chi connectivity index (χ1v) is 5.99. The third kappa shape index (κ3) is 3.86. The first-order chi connectivity index (χ1) is 6.72. The van der Waals surface area contributed by atoms with Gasteiger partial charge in [0.05, 0.1) is 0 Å². The van der Waals surface area contributed by atoms with Crippen LogP contribution in [-0.4, -0.2) is 3.79 Å². The lowest BCUT2D eigenvalue weighted by atomic mass is 9.80. The number of benzene rings is 1. The zero-order chi connectivity index (χ0) is 11.7. The third-order valence-electron chi connectivity index (χ3n) is 2.52. The molecule has 0 saturated carbocycles. The van der Waals surface area contributed by atoms with Crippen LogP contribution in [0.25, 0.3) is 0 Å². The van der Waals surface area contributed by atoms with Gasteiger partial charge in [0.1, 0.15) is 0 Å². The van der Waals surface area contributed by atoms with E-state index in [-0.39, 0.29) is 5.41 Å². The zero-order valence-corrected chi connectivity index (χ0v) is 11.4. The van der Waals surface area contributed by atoms with E-state index in [9.17, 15) is 0 Å². The Balaban J connectivity index is 3.01. The van der Waals surface area contributed by atoms with Crippen molar-refractivity contribution >= 4 is 34.8 Å². The molecule has 3 heteroatoms. The molecule has 0 N–H and O–H groups in total. The molecule has 1 aromatic carbocycles. The van der Waals surface area contributed by atoms with Crippen LogP contribution < -0.4 is 0 Å². The first-order valence-electron chi connectivity index (χ1n) is 4.85. The SMILES string of the molecule is Cc1ccccc1C(C)(C)CC(Cl)(Cl)Cl. The van der Waals surface area contributed by atoms with Gasteiger partial charge in [0.2, 0.25) is 0 Å². The Hall–Kier alpha value is 0.0900. The van der Waals surface area contributed by atoms with Crippen LogP contribution in [0.4, 0.5) is 0 Å². The maximum absolute atomic E-state index is 5.85. The molecule has 0 bridgehead atoms. The summed E-state index contributed by atoms with van der Waals surface area (Å²) in [6, 6.07) is 8.20. The van der Waals surface area contributed by atoms with Crippen LogP contribution in [0.1, 0.15) is 31.4 Å². The maximum atomic E-state index is 5.85. The molecular formula is C12H15Cl3. The number of aryl methyl sites for hydroxylation is 1. The predicted octanol–water partition coefficient (Wildman–Crippen LogP) is 5.03. The molecule has 15 heavy (non-hydrogen) atoms. The Morgan fingerprint density at radius 1 is 1.07 bits per heavy atom. The summed E-state index contributed by atoms with van der Waals surface area (Å²) in [7, 11) is 0. The highest BCUT2D eigenvalue weighted by Crippen LogP contribution is 2.41. The van der Waals surface area contributed by atoms with Crippen molar-refractivity contribution in [3.63, 3.8) is 0 Å². The van der Waals surface area contributed by atoms with E-state index >= 15 is 0 Å². The summed E-state index contributed by atoms with van der Waals surface area (Å²) >= 11 is 17.6. The van der Waals surface area contributed by atoms with E-state index in [2.05, 4.69) is 32.9 Å². The molecule has 0 aromatic heterocycles. The van der Waals surface area contributed by atoms with Gasteiger partial charge in [-0.2, -0.15) is 0 Å². The van der Waals surface area contributed by atoms with E-state index in [1.165, 1.54) is 11.1 Å². The Bertz CT molecular complexity index is 337. The predicted molar refractivity (Wildman–Crippen MR) is 69.1 cm³/mol. The normalized spacial score (nSPS) is 12.9. The maximum Gasteiger partial charge on any atom is 0.191 e. The molecule has 0 fully saturated rings. The molecule has 0 unspecified atom stereocenters. The summed E-state index contributed by atoms with van der Waals surface area (Å²) < 4.78 is -1.20. The molecule has 0 aliphatic rings. The summed E-state index contributed by atoms with van der Waals surface area (Å²) in [5, 5.41) is 0. The van der Waals surface area contributed by atoms with Crippen molar-refractivity contribution in [3.8, 4) is 0 Å². The lowest BCUT2D eigenvalue weighted by molar-refractivity contribution is 0.484. The van der Waals surface area contributed by atoms with Crippen molar-refractivity contribution in [2.45, 2.75) is 36.4 Å². The van der Waals surface area contributed by atoms with Crippen LogP contribution in [0.5, 0.6) is 0 Å². The van der Waals surface area contributed by atoms with Crippen LogP contribution in [0.3, 0.4) is 0 Å². The molecule has 1 aromatic rings. The summed E-state index contributed by atoms with van der Waals surface area (Å²) in [5.41, 5.74) is 2.34. The fraction of sp³-hybridized carbons (Fsp3) is 0.500. The van der Waals surface area contributed by atoms with E-state index in [1.54, 1.807) is 0 Å². The van der Waals surface area contributed by atoms with Crippen molar-refractivity contribution < 1.29 is 0 Å². The minimum atomic E-state index is -1.20. The van der Waals surface area contributed by atoms with Gasteiger partial charge in [-0.05, 0) is 23.5 Å². The molecule has 84 valence electrons. The average molecular weight is 266 g/mol. The minimum Gasteiger partial charge on any atom is -0.0837 e. The molecule has 1 rings (SSSR count). The van der Waals surface area contributed by atoms with Gasteiger partial charge in [0.15, 0.2) is 3.79 Å². The highest BCUT2D eigenvalue weighted by molar-refractivity contribution is 6.67. The minimum absolute atomic E-state index is 0.128. The molecule has 0 aliphatic heterocycles. The van der Waals surface area contributed by atoms with Gasteiger partial charge in [-0.15, -0.1) is 0 Å². The fourth-order valence-corrected chi connectivity index (χ4v) is 2.93. The van der Waals surface area contributed by atoms with E-state index in [0.717, 1.165) is 0 Å². The summed E-state index contributed by atoms with van der Waals surface area (Å²) in [6.07, 6.45) is 0.509. The smallest absolute Gasteiger partial charge is 0.0837 e. The van der Waals surface area contributed by atoms with E-state index in [0.29, 0.717) is 6.42 Å². The fourth-order valence-electron chi connectivity index (χ4n) is 1.93. The van der Waals surface area contributed by atoms with Crippen LogP contribution in [0, 0.1) is 6.92 Å². The number of alkyl halides is 3. The molecule has 0 atom stereocenters. The molecule has 0 heterocycles. The third-order valence-corrected chi connectivity index (χ3v) is 2.92. The van der Waals surface area contributed by atoms with E-state index in [4.69, 9.17) is 34.8 Å². The Kier molecular flexibility index (Phi) is 3.97. The topological polar surface area (TPSA) is 0 Å². The van der Waals surface area contributed by atoms with Crippen LogP contribution in [-0.2, 0) is 5.41 Å². The number of hydrogen-bond donors (Lipinski definition) is 0. The van der Waals surface area contributed by atoms with Gasteiger partial charge < -0.3 is 0 Å². The molecule has 0 radical (unpaired) electrons. The number of hydrogen-bond acceptors (Lipinski definition) is 0. The standard InChI is InChI=1S/C12H15Cl3/c1-9-6-4-5-7-10(9)11(2,3)8-12(13,14)15/h4-7H,8H2,1-3H3. The lowest BCUT2D eigenvalue weighted by Crippen LogP contribution is -2.25. The van der Waals surface area contributed by atoms with Gasteiger partial charge in [-0.25, -0.2) is 0 Å². The van der Waals surface area contributed by atoms with Crippen molar-refractivity contribution in [1.29, 1.82) is 0 Å².